The van der Waals surface area contributed by atoms with E-state index in [0.717, 1.165) is 22.0 Å². The fourth-order valence-electron chi connectivity index (χ4n) is 2.53. The van der Waals surface area contributed by atoms with Crippen LogP contribution in [0.4, 0.5) is 5.69 Å². The Morgan fingerprint density at radius 2 is 1.80 bits per heavy atom. The molecule has 0 saturated heterocycles. The van der Waals surface area contributed by atoms with Crippen LogP contribution in [0.3, 0.4) is 0 Å². The maximum absolute atomic E-state index is 12.6. The molecule has 0 saturated carbocycles. The summed E-state index contributed by atoms with van der Waals surface area (Å²) in [6, 6.07) is 17.4. The van der Waals surface area contributed by atoms with Crippen molar-refractivity contribution in [3.8, 4) is 11.1 Å². The van der Waals surface area contributed by atoms with Gasteiger partial charge in [0, 0.05) is 17.8 Å². The summed E-state index contributed by atoms with van der Waals surface area (Å²) in [5.41, 5.74) is 9.08. The molecule has 0 atom stereocenters. The van der Waals surface area contributed by atoms with Gasteiger partial charge in [-0.15, -0.1) is 0 Å². The first-order chi connectivity index (χ1) is 9.70. The van der Waals surface area contributed by atoms with Gasteiger partial charge in [0.1, 0.15) is 0 Å². The van der Waals surface area contributed by atoms with E-state index in [1.54, 1.807) is 4.57 Å². The molecule has 0 spiro atoms. The molecule has 0 bridgehead atoms. The van der Waals surface area contributed by atoms with Crippen LogP contribution in [-0.4, -0.2) is 4.57 Å². The van der Waals surface area contributed by atoms with Crippen molar-refractivity contribution in [3.63, 3.8) is 0 Å². The molecule has 3 rings (SSSR count). The van der Waals surface area contributed by atoms with Crippen molar-refractivity contribution in [3.05, 3.63) is 65.0 Å². The fraction of sp³-hybridized carbons (Fsp3) is 0.118. The molecular weight excluding hydrogens is 248 g/mol. The molecular formula is C17H16N2O. The van der Waals surface area contributed by atoms with Crippen LogP contribution >= 0.6 is 0 Å². The minimum Gasteiger partial charge on any atom is -0.399 e. The van der Waals surface area contributed by atoms with Crippen LogP contribution < -0.4 is 11.3 Å². The number of pyridine rings is 1. The number of hydrogen-bond acceptors (Lipinski definition) is 2. The number of nitrogens with zero attached hydrogens (tertiary/aromatic N) is 1. The minimum absolute atomic E-state index is 0.0248. The Labute approximate surface area is 117 Å². The Morgan fingerprint density at radius 3 is 2.50 bits per heavy atom. The van der Waals surface area contributed by atoms with Crippen molar-refractivity contribution in [1.82, 2.24) is 4.57 Å². The summed E-state index contributed by atoms with van der Waals surface area (Å²) in [7, 11) is 0. The highest BCUT2D eigenvalue weighted by Crippen LogP contribution is 2.22. The van der Waals surface area contributed by atoms with E-state index >= 15 is 0 Å². The highest BCUT2D eigenvalue weighted by Gasteiger charge is 2.10. The molecule has 2 aromatic carbocycles. The second kappa shape index (κ2) is 4.85. The molecule has 3 aromatic rings. The third-order valence-electron chi connectivity index (χ3n) is 3.52. The van der Waals surface area contributed by atoms with Gasteiger partial charge in [-0.25, -0.2) is 0 Å². The molecule has 0 radical (unpaired) electrons. The second-order valence-corrected chi connectivity index (χ2v) is 4.79. The zero-order chi connectivity index (χ0) is 14.1. The molecule has 0 aliphatic heterocycles. The lowest BCUT2D eigenvalue weighted by Gasteiger charge is -2.12. The van der Waals surface area contributed by atoms with Crippen LogP contribution in [0.15, 0.2) is 59.4 Å². The van der Waals surface area contributed by atoms with Gasteiger partial charge in [-0.3, -0.25) is 4.79 Å². The number of aromatic nitrogens is 1. The van der Waals surface area contributed by atoms with Crippen LogP contribution in [-0.2, 0) is 6.54 Å². The highest BCUT2D eigenvalue weighted by atomic mass is 16.1. The zero-order valence-corrected chi connectivity index (χ0v) is 11.3. The summed E-state index contributed by atoms with van der Waals surface area (Å²) in [4.78, 5) is 12.6. The average molecular weight is 264 g/mol. The summed E-state index contributed by atoms with van der Waals surface area (Å²) < 4.78 is 1.77. The Hall–Kier alpha value is -2.55. The van der Waals surface area contributed by atoms with Gasteiger partial charge < -0.3 is 10.3 Å². The maximum Gasteiger partial charge on any atom is 0.258 e. The van der Waals surface area contributed by atoms with Crippen LogP contribution in [0.2, 0.25) is 0 Å². The molecule has 100 valence electrons. The molecule has 1 aromatic heterocycles. The Balaban J connectivity index is 2.38. The predicted molar refractivity (Wildman–Crippen MR) is 83.7 cm³/mol. The lowest BCUT2D eigenvalue weighted by atomic mass is 10.0. The van der Waals surface area contributed by atoms with E-state index in [1.807, 2.05) is 61.5 Å². The summed E-state index contributed by atoms with van der Waals surface area (Å²) in [6.07, 6.45) is 0. The molecule has 3 heteroatoms. The van der Waals surface area contributed by atoms with E-state index in [2.05, 4.69) is 0 Å². The summed E-state index contributed by atoms with van der Waals surface area (Å²) in [5, 5.41) is 1.03. The van der Waals surface area contributed by atoms with Gasteiger partial charge in [0.05, 0.1) is 5.52 Å². The van der Waals surface area contributed by atoms with Crippen LogP contribution in [0.1, 0.15) is 6.92 Å². The Morgan fingerprint density at radius 1 is 1.05 bits per heavy atom. The molecule has 1 heterocycles. The van der Waals surface area contributed by atoms with E-state index in [9.17, 15) is 4.79 Å². The lowest BCUT2D eigenvalue weighted by molar-refractivity contribution is 0.762. The highest BCUT2D eigenvalue weighted by molar-refractivity contribution is 5.86. The summed E-state index contributed by atoms with van der Waals surface area (Å²) >= 11 is 0. The largest absolute Gasteiger partial charge is 0.399 e. The van der Waals surface area contributed by atoms with Gasteiger partial charge >= 0.3 is 0 Å². The SMILES string of the molecule is CCn1c(=O)c(-c2ccccc2)cc2ccc(N)cc21. The number of benzene rings is 2. The van der Waals surface area contributed by atoms with Crippen molar-refractivity contribution < 1.29 is 0 Å². The van der Waals surface area contributed by atoms with Crippen molar-refractivity contribution in [1.29, 1.82) is 0 Å². The molecule has 0 unspecified atom stereocenters. The van der Waals surface area contributed by atoms with Gasteiger partial charge in [0.25, 0.3) is 5.56 Å². The minimum atomic E-state index is 0.0248. The van der Waals surface area contributed by atoms with Crippen molar-refractivity contribution in [2.24, 2.45) is 0 Å². The molecule has 0 aliphatic carbocycles. The van der Waals surface area contributed by atoms with Gasteiger partial charge in [-0.1, -0.05) is 36.4 Å². The lowest BCUT2D eigenvalue weighted by Crippen LogP contribution is -2.21. The maximum atomic E-state index is 12.6. The number of nitrogen functional groups attached to an aromatic ring is 1. The molecule has 0 fully saturated rings. The number of rotatable bonds is 2. The molecule has 2 N–H and O–H groups in total. The molecule has 20 heavy (non-hydrogen) atoms. The van der Waals surface area contributed by atoms with Gasteiger partial charge in [-0.05, 0) is 36.1 Å². The first-order valence-corrected chi connectivity index (χ1v) is 6.69. The molecule has 0 amide bonds. The van der Waals surface area contributed by atoms with E-state index in [0.29, 0.717) is 12.2 Å². The number of fused-ring (bicyclic) bond motifs is 1. The first-order valence-electron chi connectivity index (χ1n) is 6.69. The van der Waals surface area contributed by atoms with E-state index < -0.39 is 0 Å². The topological polar surface area (TPSA) is 48.0 Å². The van der Waals surface area contributed by atoms with Gasteiger partial charge in [-0.2, -0.15) is 0 Å². The number of aryl methyl sites for hydroxylation is 1. The zero-order valence-electron chi connectivity index (χ0n) is 11.3. The Kier molecular flexibility index (Phi) is 3.03. The normalized spacial score (nSPS) is 10.8. The monoisotopic (exact) mass is 264 g/mol. The predicted octanol–water partition coefficient (Wildman–Crippen LogP) is 3.27. The van der Waals surface area contributed by atoms with Gasteiger partial charge in [0.15, 0.2) is 0 Å². The standard InChI is InChI=1S/C17H16N2O/c1-2-19-16-11-14(18)9-8-13(16)10-15(17(19)20)12-6-4-3-5-7-12/h3-11H,2,18H2,1H3. The van der Waals surface area contributed by atoms with Crippen molar-refractivity contribution >= 4 is 16.6 Å². The molecule has 3 nitrogen and oxygen atoms in total. The number of anilines is 1. The summed E-state index contributed by atoms with van der Waals surface area (Å²) in [5.74, 6) is 0. The first kappa shape index (κ1) is 12.5. The quantitative estimate of drug-likeness (QED) is 0.722. The van der Waals surface area contributed by atoms with Crippen LogP contribution in [0.25, 0.3) is 22.0 Å². The Bertz CT molecular complexity index is 820. The van der Waals surface area contributed by atoms with Crippen LogP contribution in [0.5, 0.6) is 0 Å². The second-order valence-electron chi connectivity index (χ2n) is 4.79. The third-order valence-corrected chi connectivity index (χ3v) is 3.52. The molecule has 0 aliphatic rings. The fourth-order valence-corrected chi connectivity index (χ4v) is 2.53. The van der Waals surface area contributed by atoms with Crippen molar-refractivity contribution in [2.75, 3.05) is 5.73 Å². The smallest absolute Gasteiger partial charge is 0.258 e. The van der Waals surface area contributed by atoms with Crippen molar-refractivity contribution in [2.45, 2.75) is 13.5 Å². The third kappa shape index (κ3) is 1.97. The summed E-state index contributed by atoms with van der Waals surface area (Å²) in [6.45, 7) is 2.60. The average Bonchev–Trinajstić information content (AvgIpc) is 2.48. The van der Waals surface area contributed by atoms with E-state index in [1.165, 1.54) is 0 Å². The van der Waals surface area contributed by atoms with E-state index in [-0.39, 0.29) is 5.56 Å². The van der Waals surface area contributed by atoms with E-state index in [4.69, 9.17) is 5.73 Å². The van der Waals surface area contributed by atoms with Crippen LogP contribution in [0, 0.1) is 0 Å². The number of hydrogen-bond donors (Lipinski definition) is 1. The number of nitrogens with two attached hydrogens (primary N) is 1. The van der Waals surface area contributed by atoms with Gasteiger partial charge in [0.2, 0.25) is 0 Å².